The molecule has 0 aromatic heterocycles. The number of amides is 1. The molecule has 1 saturated carbocycles. The first-order valence-corrected chi connectivity index (χ1v) is 6.87. The molecular formula is C14H17N3O5. The number of carboxylic acid groups (broad SMARTS) is 1. The van der Waals surface area contributed by atoms with E-state index in [0.717, 1.165) is 12.8 Å². The van der Waals surface area contributed by atoms with E-state index >= 15 is 0 Å². The third kappa shape index (κ3) is 3.72. The van der Waals surface area contributed by atoms with Crippen molar-refractivity contribution in [2.75, 3.05) is 18.5 Å². The molecule has 1 unspecified atom stereocenters. The Hall–Kier alpha value is -2.64. The SMILES string of the molecule is CN(CC(=O)NC(C(=O)O)C1CC1)c1ccccc1[N+](=O)[O-]. The third-order valence-electron chi connectivity index (χ3n) is 3.55. The Balaban J connectivity index is 2.02. The summed E-state index contributed by atoms with van der Waals surface area (Å²) in [6.45, 7) is -0.151. The number of benzene rings is 1. The Labute approximate surface area is 126 Å². The number of nitrogens with zero attached hydrogens (tertiary/aromatic N) is 2. The van der Waals surface area contributed by atoms with Crippen molar-refractivity contribution in [3.63, 3.8) is 0 Å². The fourth-order valence-corrected chi connectivity index (χ4v) is 2.27. The highest BCUT2D eigenvalue weighted by molar-refractivity contribution is 5.87. The maximum Gasteiger partial charge on any atom is 0.326 e. The number of hydrogen-bond donors (Lipinski definition) is 2. The number of nitro benzene ring substituents is 1. The molecule has 1 atom stereocenters. The van der Waals surface area contributed by atoms with Crippen LogP contribution in [-0.2, 0) is 9.59 Å². The lowest BCUT2D eigenvalue weighted by molar-refractivity contribution is -0.384. The molecule has 8 heteroatoms. The standard InChI is InChI=1S/C14H17N3O5/c1-16(10-4-2-3-5-11(10)17(21)22)8-12(18)15-13(14(19)20)9-6-7-9/h2-5,9,13H,6-8H2,1H3,(H,15,18)(H,19,20). The maximum atomic E-state index is 12.0. The highest BCUT2D eigenvalue weighted by Gasteiger charge is 2.37. The smallest absolute Gasteiger partial charge is 0.326 e. The minimum absolute atomic E-state index is 0.0159. The van der Waals surface area contributed by atoms with Gasteiger partial charge in [0.2, 0.25) is 5.91 Å². The molecule has 0 bridgehead atoms. The normalized spacial score (nSPS) is 15.0. The second-order valence-electron chi connectivity index (χ2n) is 5.32. The van der Waals surface area contributed by atoms with E-state index in [9.17, 15) is 19.7 Å². The molecule has 22 heavy (non-hydrogen) atoms. The van der Waals surface area contributed by atoms with Crippen molar-refractivity contribution < 1.29 is 19.6 Å². The molecule has 1 aliphatic carbocycles. The van der Waals surface area contributed by atoms with E-state index in [1.165, 1.54) is 11.0 Å². The molecular weight excluding hydrogens is 290 g/mol. The molecule has 0 radical (unpaired) electrons. The van der Waals surface area contributed by atoms with E-state index in [1.807, 2.05) is 0 Å². The zero-order valence-corrected chi connectivity index (χ0v) is 12.1. The lowest BCUT2D eigenvalue weighted by Crippen LogP contribution is -2.46. The van der Waals surface area contributed by atoms with Gasteiger partial charge in [-0.2, -0.15) is 0 Å². The van der Waals surface area contributed by atoms with Gasteiger partial charge in [-0.1, -0.05) is 12.1 Å². The number of para-hydroxylation sites is 2. The highest BCUT2D eigenvalue weighted by Crippen LogP contribution is 2.32. The molecule has 8 nitrogen and oxygen atoms in total. The van der Waals surface area contributed by atoms with Gasteiger partial charge in [0.15, 0.2) is 0 Å². The molecule has 1 aromatic carbocycles. The zero-order valence-electron chi connectivity index (χ0n) is 12.1. The fourth-order valence-electron chi connectivity index (χ4n) is 2.27. The van der Waals surface area contributed by atoms with Crippen LogP contribution < -0.4 is 10.2 Å². The van der Waals surface area contributed by atoms with Crippen LogP contribution in [0.25, 0.3) is 0 Å². The van der Waals surface area contributed by atoms with Gasteiger partial charge in [-0.15, -0.1) is 0 Å². The molecule has 0 heterocycles. The Morgan fingerprint density at radius 3 is 2.64 bits per heavy atom. The van der Waals surface area contributed by atoms with Crippen molar-refractivity contribution in [1.29, 1.82) is 0 Å². The second-order valence-corrected chi connectivity index (χ2v) is 5.32. The number of nitrogens with one attached hydrogen (secondary N) is 1. The van der Waals surface area contributed by atoms with Crippen molar-refractivity contribution >= 4 is 23.3 Å². The first kappa shape index (κ1) is 15.7. The predicted octanol–water partition coefficient (Wildman–Crippen LogP) is 1.01. The minimum atomic E-state index is -1.05. The van der Waals surface area contributed by atoms with Gasteiger partial charge in [-0.05, 0) is 24.8 Å². The van der Waals surface area contributed by atoms with Crippen LogP contribution in [0.3, 0.4) is 0 Å². The van der Waals surface area contributed by atoms with Crippen LogP contribution in [0.2, 0.25) is 0 Å². The molecule has 2 rings (SSSR count). The van der Waals surface area contributed by atoms with Crippen molar-refractivity contribution in [2.24, 2.45) is 5.92 Å². The van der Waals surface area contributed by atoms with Crippen LogP contribution in [0.5, 0.6) is 0 Å². The molecule has 0 aliphatic heterocycles. The van der Waals surface area contributed by atoms with Gasteiger partial charge in [0.05, 0.1) is 11.5 Å². The summed E-state index contributed by atoms with van der Waals surface area (Å²) in [6.07, 6.45) is 1.58. The molecule has 2 N–H and O–H groups in total. The average molecular weight is 307 g/mol. The molecule has 1 aromatic rings. The van der Waals surface area contributed by atoms with Gasteiger partial charge < -0.3 is 15.3 Å². The minimum Gasteiger partial charge on any atom is -0.480 e. The summed E-state index contributed by atoms with van der Waals surface area (Å²) in [6, 6.07) is 5.20. The first-order valence-electron chi connectivity index (χ1n) is 6.87. The number of hydrogen-bond acceptors (Lipinski definition) is 5. The molecule has 0 spiro atoms. The van der Waals surface area contributed by atoms with Crippen molar-refractivity contribution in [3.05, 3.63) is 34.4 Å². The summed E-state index contributed by atoms with van der Waals surface area (Å²) in [5.74, 6) is -1.54. The third-order valence-corrected chi connectivity index (χ3v) is 3.55. The van der Waals surface area contributed by atoms with Gasteiger partial charge in [-0.3, -0.25) is 14.9 Å². The maximum absolute atomic E-state index is 12.0. The number of aliphatic carboxylic acids is 1. The molecule has 1 fully saturated rings. The number of nitro groups is 1. The number of likely N-dealkylation sites (N-methyl/N-ethyl adjacent to an activating group) is 1. The largest absolute Gasteiger partial charge is 0.480 e. The molecule has 1 aliphatic rings. The summed E-state index contributed by atoms with van der Waals surface area (Å²) < 4.78 is 0. The van der Waals surface area contributed by atoms with Gasteiger partial charge >= 0.3 is 5.97 Å². The van der Waals surface area contributed by atoms with Gasteiger partial charge in [0.25, 0.3) is 5.69 Å². The van der Waals surface area contributed by atoms with Crippen molar-refractivity contribution in [2.45, 2.75) is 18.9 Å². The lowest BCUT2D eigenvalue weighted by atomic mass is 10.2. The Morgan fingerprint density at radius 1 is 1.45 bits per heavy atom. The second kappa shape index (κ2) is 6.42. The zero-order chi connectivity index (χ0) is 16.3. The van der Waals surface area contributed by atoms with Crippen LogP contribution in [0.4, 0.5) is 11.4 Å². The monoisotopic (exact) mass is 307 g/mol. The number of anilines is 1. The van der Waals surface area contributed by atoms with Gasteiger partial charge in [0.1, 0.15) is 11.7 Å². The van der Waals surface area contributed by atoms with E-state index in [2.05, 4.69) is 5.32 Å². The van der Waals surface area contributed by atoms with E-state index in [-0.39, 0.29) is 18.2 Å². The fraction of sp³-hybridized carbons (Fsp3) is 0.429. The summed E-state index contributed by atoms with van der Waals surface area (Å²) >= 11 is 0. The van der Waals surface area contributed by atoms with E-state index in [1.54, 1.807) is 25.2 Å². The summed E-state index contributed by atoms with van der Waals surface area (Å²) in [5.41, 5.74) is 0.204. The summed E-state index contributed by atoms with van der Waals surface area (Å²) in [7, 11) is 1.55. The quantitative estimate of drug-likeness (QED) is 0.574. The highest BCUT2D eigenvalue weighted by atomic mass is 16.6. The van der Waals surface area contributed by atoms with E-state index in [0.29, 0.717) is 5.69 Å². The van der Waals surface area contributed by atoms with Crippen LogP contribution >= 0.6 is 0 Å². The van der Waals surface area contributed by atoms with Crippen LogP contribution in [0.15, 0.2) is 24.3 Å². The van der Waals surface area contributed by atoms with Crippen LogP contribution in [-0.4, -0.2) is 41.5 Å². The lowest BCUT2D eigenvalue weighted by Gasteiger charge is -2.20. The Morgan fingerprint density at radius 2 is 2.09 bits per heavy atom. The number of carboxylic acids is 1. The van der Waals surface area contributed by atoms with Crippen molar-refractivity contribution in [1.82, 2.24) is 5.32 Å². The number of rotatable bonds is 7. The molecule has 0 saturated heterocycles. The van der Waals surface area contributed by atoms with Crippen LogP contribution in [0, 0.1) is 16.0 Å². The predicted molar refractivity (Wildman–Crippen MR) is 78.7 cm³/mol. The van der Waals surface area contributed by atoms with E-state index in [4.69, 9.17) is 5.11 Å². The Kier molecular flexibility index (Phi) is 4.59. The Bertz CT molecular complexity index is 600. The van der Waals surface area contributed by atoms with E-state index < -0.39 is 22.8 Å². The summed E-state index contributed by atoms with van der Waals surface area (Å²) in [5, 5.41) is 22.5. The van der Waals surface area contributed by atoms with Gasteiger partial charge in [0, 0.05) is 13.1 Å². The topological polar surface area (TPSA) is 113 Å². The number of carbonyl (C=O) groups is 2. The first-order chi connectivity index (χ1) is 10.4. The number of carbonyl (C=O) groups excluding carboxylic acids is 1. The molecule has 118 valence electrons. The average Bonchev–Trinajstić information content (AvgIpc) is 3.28. The van der Waals surface area contributed by atoms with Crippen LogP contribution in [0.1, 0.15) is 12.8 Å². The van der Waals surface area contributed by atoms with Crippen molar-refractivity contribution in [3.8, 4) is 0 Å². The molecule has 1 amide bonds. The summed E-state index contributed by atoms with van der Waals surface area (Å²) in [4.78, 5) is 35.0. The van der Waals surface area contributed by atoms with Gasteiger partial charge in [-0.25, -0.2) is 4.79 Å².